The van der Waals surface area contributed by atoms with Gasteiger partial charge in [0.15, 0.2) is 0 Å². The van der Waals surface area contributed by atoms with Crippen LogP contribution in [0.5, 0.6) is 17.2 Å². The van der Waals surface area contributed by atoms with E-state index in [0.29, 0.717) is 36.7 Å². The molecule has 0 aliphatic heterocycles. The van der Waals surface area contributed by atoms with Gasteiger partial charge < -0.3 is 18.9 Å². The fourth-order valence-corrected chi connectivity index (χ4v) is 2.70. The largest absolute Gasteiger partial charge is 0.490 e. The molecule has 0 unspecified atom stereocenters. The smallest absolute Gasteiger partial charge is 0.343 e. The van der Waals surface area contributed by atoms with Crippen LogP contribution in [0.3, 0.4) is 0 Å². The van der Waals surface area contributed by atoms with Crippen LogP contribution in [-0.2, 0) is 4.74 Å². The minimum atomic E-state index is -0.531. The van der Waals surface area contributed by atoms with Crippen LogP contribution in [0.1, 0.15) is 34.6 Å². The van der Waals surface area contributed by atoms with Crippen LogP contribution in [0.15, 0.2) is 78.9 Å². The number of hydrogen-bond donors (Lipinski definition) is 0. The van der Waals surface area contributed by atoms with E-state index in [4.69, 9.17) is 18.9 Å². The second kappa shape index (κ2) is 11.6. The molecule has 0 bridgehead atoms. The van der Waals surface area contributed by atoms with Crippen LogP contribution in [0.4, 0.5) is 0 Å². The van der Waals surface area contributed by atoms with Crippen molar-refractivity contribution in [3.05, 3.63) is 90.0 Å². The quantitative estimate of drug-likeness (QED) is 0.249. The van der Waals surface area contributed by atoms with E-state index in [1.165, 1.54) is 6.07 Å². The molecule has 0 aromatic heterocycles. The third-order valence-corrected chi connectivity index (χ3v) is 4.28. The first-order chi connectivity index (χ1) is 15.5. The Hall–Kier alpha value is -3.80. The van der Waals surface area contributed by atoms with Gasteiger partial charge in [-0.2, -0.15) is 0 Å². The zero-order chi connectivity index (χ0) is 22.8. The fraction of sp³-hybridized carbons (Fsp3) is 0.231. The maximum absolute atomic E-state index is 12.4. The molecule has 0 aliphatic carbocycles. The number of para-hydroxylation sites is 1. The Morgan fingerprint density at radius 2 is 1.31 bits per heavy atom. The highest BCUT2D eigenvalue weighted by Crippen LogP contribution is 2.18. The summed E-state index contributed by atoms with van der Waals surface area (Å²) in [6.45, 7) is 5.03. The van der Waals surface area contributed by atoms with Crippen LogP contribution < -0.4 is 14.2 Å². The number of rotatable bonds is 10. The number of carbonyl (C=O) groups is 2. The Morgan fingerprint density at radius 3 is 1.97 bits per heavy atom. The highest BCUT2D eigenvalue weighted by molar-refractivity contribution is 5.92. The molecule has 0 N–H and O–H groups in total. The maximum atomic E-state index is 12.4. The molecule has 0 heterocycles. The van der Waals surface area contributed by atoms with E-state index in [1.54, 1.807) is 42.5 Å². The zero-order valence-electron chi connectivity index (χ0n) is 18.2. The summed E-state index contributed by atoms with van der Waals surface area (Å²) in [6, 6.07) is 22.5. The molecule has 6 nitrogen and oxygen atoms in total. The van der Waals surface area contributed by atoms with Gasteiger partial charge in [-0.15, -0.1) is 0 Å². The Morgan fingerprint density at radius 1 is 0.688 bits per heavy atom. The summed E-state index contributed by atoms with van der Waals surface area (Å²) in [5.74, 6) is 0.932. The standard InChI is InChI=1S/C26H26O6/c1-19(2)18-31-25(27)21-7-6-10-24(17-21)32-26(28)20-11-13-23(14-12-20)30-16-15-29-22-8-4-3-5-9-22/h3-14,17,19H,15-16,18H2,1-2H3. The lowest BCUT2D eigenvalue weighted by molar-refractivity contribution is 0.0457. The summed E-state index contributed by atoms with van der Waals surface area (Å²) in [5.41, 5.74) is 0.697. The van der Waals surface area contributed by atoms with Crippen LogP contribution in [0.25, 0.3) is 0 Å². The summed E-state index contributed by atoms with van der Waals surface area (Å²) in [7, 11) is 0. The lowest BCUT2D eigenvalue weighted by Crippen LogP contribution is -2.12. The third-order valence-electron chi connectivity index (χ3n) is 4.28. The molecular weight excluding hydrogens is 408 g/mol. The molecule has 0 saturated heterocycles. The number of hydrogen-bond acceptors (Lipinski definition) is 6. The Balaban J connectivity index is 1.49. The van der Waals surface area contributed by atoms with E-state index >= 15 is 0 Å². The van der Waals surface area contributed by atoms with Crippen molar-refractivity contribution in [1.29, 1.82) is 0 Å². The van der Waals surface area contributed by atoms with Crippen molar-refractivity contribution in [2.24, 2.45) is 5.92 Å². The van der Waals surface area contributed by atoms with E-state index in [1.807, 2.05) is 44.2 Å². The van der Waals surface area contributed by atoms with E-state index in [-0.39, 0.29) is 11.7 Å². The average molecular weight is 434 g/mol. The van der Waals surface area contributed by atoms with E-state index < -0.39 is 11.9 Å². The maximum Gasteiger partial charge on any atom is 0.343 e. The van der Waals surface area contributed by atoms with Gasteiger partial charge in [0, 0.05) is 0 Å². The topological polar surface area (TPSA) is 71.1 Å². The number of benzene rings is 3. The van der Waals surface area contributed by atoms with Crippen molar-refractivity contribution in [2.45, 2.75) is 13.8 Å². The summed E-state index contributed by atoms with van der Waals surface area (Å²) < 4.78 is 21.8. The number of carbonyl (C=O) groups excluding carboxylic acids is 2. The monoisotopic (exact) mass is 434 g/mol. The molecule has 0 fully saturated rings. The van der Waals surface area contributed by atoms with Gasteiger partial charge in [-0.1, -0.05) is 38.1 Å². The van der Waals surface area contributed by atoms with Gasteiger partial charge in [-0.05, 0) is 60.5 Å². The molecule has 0 radical (unpaired) electrons. The van der Waals surface area contributed by atoms with Crippen LogP contribution >= 0.6 is 0 Å². The van der Waals surface area contributed by atoms with Crippen molar-refractivity contribution < 1.29 is 28.5 Å². The molecule has 0 spiro atoms. The van der Waals surface area contributed by atoms with Gasteiger partial charge in [0.1, 0.15) is 30.5 Å². The van der Waals surface area contributed by atoms with Crippen molar-refractivity contribution in [3.8, 4) is 17.2 Å². The first-order valence-electron chi connectivity index (χ1n) is 10.4. The number of esters is 2. The highest BCUT2D eigenvalue weighted by Gasteiger charge is 2.13. The lowest BCUT2D eigenvalue weighted by atomic mass is 10.2. The number of ether oxygens (including phenoxy) is 4. The molecule has 166 valence electrons. The molecule has 3 rings (SSSR count). The summed E-state index contributed by atoms with van der Waals surface area (Å²) in [5, 5.41) is 0. The molecule has 6 heteroatoms. The van der Waals surface area contributed by atoms with Crippen LogP contribution in [0, 0.1) is 5.92 Å². The predicted octanol–water partition coefficient (Wildman–Crippen LogP) is 5.18. The van der Waals surface area contributed by atoms with Gasteiger partial charge in [0.05, 0.1) is 17.7 Å². The van der Waals surface area contributed by atoms with E-state index in [0.717, 1.165) is 5.75 Å². The average Bonchev–Trinajstić information content (AvgIpc) is 2.81. The van der Waals surface area contributed by atoms with Crippen LogP contribution in [0.2, 0.25) is 0 Å². The van der Waals surface area contributed by atoms with Gasteiger partial charge in [-0.25, -0.2) is 9.59 Å². The molecule has 3 aromatic carbocycles. The fourth-order valence-electron chi connectivity index (χ4n) is 2.70. The molecule has 0 amide bonds. The van der Waals surface area contributed by atoms with Crippen molar-refractivity contribution in [2.75, 3.05) is 19.8 Å². The molecular formula is C26H26O6. The van der Waals surface area contributed by atoms with Crippen molar-refractivity contribution >= 4 is 11.9 Å². The first-order valence-corrected chi connectivity index (χ1v) is 10.4. The SMILES string of the molecule is CC(C)COC(=O)c1cccc(OC(=O)c2ccc(OCCOc3ccccc3)cc2)c1. The molecule has 0 saturated carbocycles. The third kappa shape index (κ3) is 7.16. The van der Waals surface area contributed by atoms with E-state index in [2.05, 4.69) is 0 Å². The summed E-state index contributed by atoms with van der Waals surface area (Å²) in [6.07, 6.45) is 0. The minimum Gasteiger partial charge on any atom is -0.490 e. The van der Waals surface area contributed by atoms with Gasteiger partial charge in [0.25, 0.3) is 0 Å². The lowest BCUT2D eigenvalue weighted by Gasteiger charge is -2.10. The Labute approximate surface area is 187 Å². The van der Waals surface area contributed by atoms with Gasteiger partial charge >= 0.3 is 11.9 Å². The molecule has 32 heavy (non-hydrogen) atoms. The Kier molecular flexibility index (Phi) is 8.26. The Bertz CT molecular complexity index is 1010. The van der Waals surface area contributed by atoms with Gasteiger partial charge in [-0.3, -0.25) is 0 Å². The minimum absolute atomic E-state index is 0.239. The normalized spacial score (nSPS) is 10.5. The summed E-state index contributed by atoms with van der Waals surface area (Å²) >= 11 is 0. The molecule has 0 atom stereocenters. The predicted molar refractivity (Wildman–Crippen MR) is 120 cm³/mol. The van der Waals surface area contributed by atoms with E-state index in [9.17, 15) is 9.59 Å². The molecule has 3 aromatic rings. The van der Waals surface area contributed by atoms with Crippen LogP contribution in [-0.4, -0.2) is 31.8 Å². The first kappa shape index (κ1) is 22.9. The second-order valence-electron chi connectivity index (χ2n) is 7.44. The molecule has 0 aliphatic rings. The summed E-state index contributed by atoms with van der Waals surface area (Å²) in [4.78, 5) is 24.5. The van der Waals surface area contributed by atoms with Crippen molar-refractivity contribution in [3.63, 3.8) is 0 Å². The second-order valence-corrected chi connectivity index (χ2v) is 7.44. The highest BCUT2D eigenvalue weighted by atomic mass is 16.5. The van der Waals surface area contributed by atoms with Crippen molar-refractivity contribution in [1.82, 2.24) is 0 Å². The zero-order valence-corrected chi connectivity index (χ0v) is 18.2. The van der Waals surface area contributed by atoms with Gasteiger partial charge in [0.2, 0.25) is 0 Å².